The van der Waals surface area contributed by atoms with Gasteiger partial charge in [0.25, 0.3) is 0 Å². The topological polar surface area (TPSA) is 101 Å². The minimum Gasteiger partial charge on any atom is -0.444 e. The number of pyridine rings is 1. The van der Waals surface area contributed by atoms with E-state index in [1.165, 1.54) is 6.39 Å². The third-order valence-electron chi connectivity index (χ3n) is 2.99. The summed E-state index contributed by atoms with van der Waals surface area (Å²) in [5.41, 5.74) is 8.28. The Labute approximate surface area is 134 Å². The highest BCUT2D eigenvalue weighted by molar-refractivity contribution is 9.10. The van der Waals surface area contributed by atoms with Gasteiger partial charge in [0.15, 0.2) is 12.2 Å². The predicted octanol–water partition coefficient (Wildman–Crippen LogP) is 3.70. The zero-order valence-electron chi connectivity index (χ0n) is 11.2. The molecule has 1 aromatic carbocycles. The number of oxazole rings is 1. The summed E-state index contributed by atoms with van der Waals surface area (Å²) in [5.74, 6) is 1.26. The number of nitrogens with two attached hydrogens (primary N) is 1. The van der Waals surface area contributed by atoms with E-state index in [1.54, 1.807) is 12.3 Å². The van der Waals surface area contributed by atoms with Crippen LogP contribution in [0.25, 0.3) is 11.3 Å². The number of halogens is 1. The summed E-state index contributed by atoms with van der Waals surface area (Å²) in [7, 11) is 0. The Hall–Kier alpha value is -2.85. The van der Waals surface area contributed by atoms with Crippen LogP contribution in [0.1, 0.15) is 5.56 Å². The number of hydrogen-bond acceptors (Lipinski definition) is 6. The number of anilines is 3. The van der Waals surface area contributed by atoms with Crippen molar-refractivity contribution in [2.45, 2.75) is 0 Å². The van der Waals surface area contributed by atoms with E-state index >= 15 is 0 Å². The lowest BCUT2D eigenvalue weighted by Gasteiger charge is -2.08. The number of nitrogens with one attached hydrogen (secondary N) is 1. The molecule has 108 valence electrons. The van der Waals surface area contributed by atoms with E-state index < -0.39 is 0 Å². The molecule has 0 aliphatic carbocycles. The van der Waals surface area contributed by atoms with E-state index in [-0.39, 0.29) is 0 Å². The van der Waals surface area contributed by atoms with Gasteiger partial charge in [-0.25, -0.2) is 9.97 Å². The minimum atomic E-state index is 0.325. The van der Waals surface area contributed by atoms with Gasteiger partial charge in [0.1, 0.15) is 22.1 Å². The van der Waals surface area contributed by atoms with Crippen LogP contribution in [0.5, 0.6) is 0 Å². The zero-order chi connectivity index (χ0) is 15.5. The van der Waals surface area contributed by atoms with E-state index in [2.05, 4.69) is 31.2 Å². The van der Waals surface area contributed by atoms with Gasteiger partial charge in [-0.15, -0.1) is 0 Å². The minimum absolute atomic E-state index is 0.325. The molecule has 0 bridgehead atoms. The van der Waals surface area contributed by atoms with Gasteiger partial charge >= 0.3 is 0 Å². The first-order chi connectivity index (χ1) is 10.7. The maximum atomic E-state index is 8.97. The monoisotopic (exact) mass is 355 g/mol. The molecule has 0 saturated carbocycles. The fraction of sp³-hybridized carbons (Fsp3) is 0. The number of nitrogens with zero attached hydrogens (tertiary/aromatic N) is 3. The molecule has 0 radical (unpaired) electrons. The maximum absolute atomic E-state index is 8.97. The average Bonchev–Trinajstić information content (AvgIpc) is 3.02. The van der Waals surface area contributed by atoms with Crippen molar-refractivity contribution in [3.05, 3.63) is 53.1 Å². The molecule has 6 nitrogen and oxygen atoms in total. The standard InChI is InChI=1S/C15H10BrN5O/c16-15-11(6-17)12(18)5-14(21-15)20-10-3-1-9(2-4-10)13-7-19-8-22-13/h1-5,7-8H,(H3,18,20,21). The number of nitrogen functional groups attached to an aromatic ring is 1. The number of nitriles is 1. The van der Waals surface area contributed by atoms with E-state index in [1.807, 2.05) is 30.3 Å². The van der Waals surface area contributed by atoms with Crippen molar-refractivity contribution in [3.8, 4) is 17.4 Å². The lowest BCUT2D eigenvalue weighted by atomic mass is 10.1. The lowest BCUT2D eigenvalue weighted by molar-refractivity contribution is 0.572. The second kappa shape index (κ2) is 5.87. The SMILES string of the molecule is N#Cc1c(N)cc(Nc2ccc(-c3cnco3)cc2)nc1Br. The highest BCUT2D eigenvalue weighted by atomic mass is 79.9. The third-order valence-corrected chi connectivity index (χ3v) is 3.57. The van der Waals surface area contributed by atoms with Crippen molar-refractivity contribution in [1.29, 1.82) is 5.26 Å². The first-order valence-corrected chi connectivity index (χ1v) is 7.09. The Bertz CT molecular complexity index is 814. The summed E-state index contributed by atoms with van der Waals surface area (Å²) < 4.78 is 5.65. The van der Waals surface area contributed by atoms with E-state index in [4.69, 9.17) is 15.4 Å². The second-order valence-corrected chi connectivity index (χ2v) is 5.19. The van der Waals surface area contributed by atoms with Crippen LogP contribution in [0.4, 0.5) is 17.2 Å². The molecule has 2 aromatic heterocycles. The first-order valence-electron chi connectivity index (χ1n) is 6.29. The van der Waals surface area contributed by atoms with Crippen molar-refractivity contribution in [2.24, 2.45) is 0 Å². The number of rotatable bonds is 3. The van der Waals surface area contributed by atoms with Crippen LogP contribution in [0.15, 0.2) is 51.9 Å². The summed E-state index contributed by atoms with van der Waals surface area (Å²) in [6.45, 7) is 0. The van der Waals surface area contributed by atoms with E-state index in [0.29, 0.717) is 27.4 Å². The molecule has 0 saturated heterocycles. The van der Waals surface area contributed by atoms with Crippen molar-refractivity contribution in [1.82, 2.24) is 9.97 Å². The molecule has 3 rings (SSSR count). The average molecular weight is 356 g/mol. The summed E-state index contributed by atoms with van der Waals surface area (Å²) in [6, 6.07) is 11.2. The molecule has 3 N–H and O–H groups in total. The van der Waals surface area contributed by atoms with E-state index in [9.17, 15) is 0 Å². The summed E-state index contributed by atoms with van der Waals surface area (Å²) >= 11 is 3.24. The van der Waals surface area contributed by atoms with Crippen LogP contribution < -0.4 is 11.1 Å². The van der Waals surface area contributed by atoms with Crippen LogP contribution in [0.3, 0.4) is 0 Å². The molecule has 0 aliphatic heterocycles. The molecule has 2 heterocycles. The Kier molecular flexibility index (Phi) is 3.76. The number of aromatic nitrogens is 2. The normalized spacial score (nSPS) is 10.2. The molecule has 0 amide bonds. The molecule has 7 heteroatoms. The van der Waals surface area contributed by atoms with Crippen LogP contribution in [-0.4, -0.2) is 9.97 Å². The largest absolute Gasteiger partial charge is 0.444 e. The summed E-state index contributed by atoms with van der Waals surface area (Å²) in [4.78, 5) is 8.13. The van der Waals surface area contributed by atoms with Crippen LogP contribution in [-0.2, 0) is 0 Å². The fourth-order valence-electron chi connectivity index (χ4n) is 1.93. The van der Waals surface area contributed by atoms with Gasteiger partial charge in [0, 0.05) is 17.3 Å². The Morgan fingerprint density at radius 3 is 2.64 bits per heavy atom. The fourth-order valence-corrected chi connectivity index (χ4v) is 2.44. The molecule has 0 atom stereocenters. The molecule has 0 fully saturated rings. The summed E-state index contributed by atoms with van der Waals surface area (Å²) in [5, 5.41) is 12.1. The van der Waals surface area contributed by atoms with Crippen LogP contribution in [0, 0.1) is 11.3 Å². The van der Waals surface area contributed by atoms with Gasteiger partial charge in [-0.3, -0.25) is 0 Å². The Balaban J connectivity index is 1.83. The molecular formula is C15H10BrN5O. The van der Waals surface area contributed by atoms with Crippen molar-refractivity contribution in [2.75, 3.05) is 11.1 Å². The molecule has 0 aliphatic rings. The van der Waals surface area contributed by atoms with Gasteiger partial charge in [0.05, 0.1) is 11.9 Å². The van der Waals surface area contributed by atoms with Crippen LogP contribution >= 0.6 is 15.9 Å². The molecule has 3 aromatic rings. The van der Waals surface area contributed by atoms with Crippen molar-refractivity contribution in [3.63, 3.8) is 0 Å². The number of hydrogen-bond donors (Lipinski definition) is 2. The molecule has 0 spiro atoms. The quantitative estimate of drug-likeness (QED) is 0.694. The van der Waals surface area contributed by atoms with Gasteiger partial charge in [-0.1, -0.05) is 0 Å². The lowest BCUT2D eigenvalue weighted by Crippen LogP contribution is -1.99. The molecule has 0 unspecified atom stereocenters. The Morgan fingerprint density at radius 1 is 1.27 bits per heavy atom. The van der Waals surface area contributed by atoms with E-state index in [0.717, 1.165) is 11.3 Å². The van der Waals surface area contributed by atoms with Crippen molar-refractivity contribution < 1.29 is 4.42 Å². The van der Waals surface area contributed by atoms with Gasteiger partial charge in [-0.05, 0) is 40.2 Å². The van der Waals surface area contributed by atoms with Gasteiger partial charge in [0.2, 0.25) is 0 Å². The first kappa shape index (κ1) is 14.1. The zero-order valence-corrected chi connectivity index (χ0v) is 12.8. The Morgan fingerprint density at radius 2 is 2.05 bits per heavy atom. The number of benzene rings is 1. The van der Waals surface area contributed by atoms with Gasteiger partial charge in [-0.2, -0.15) is 5.26 Å². The highest BCUT2D eigenvalue weighted by Crippen LogP contribution is 2.26. The summed E-state index contributed by atoms with van der Waals surface area (Å²) in [6.07, 6.45) is 3.05. The highest BCUT2D eigenvalue weighted by Gasteiger charge is 2.08. The molecule has 22 heavy (non-hydrogen) atoms. The van der Waals surface area contributed by atoms with Crippen molar-refractivity contribution >= 4 is 33.1 Å². The molecular weight excluding hydrogens is 346 g/mol. The van der Waals surface area contributed by atoms with Gasteiger partial charge < -0.3 is 15.5 Å². The smallest absolute Gasteiger partial charge is 0.181 e. The third kappa shape index (κ3) is 2.77. The predicted molar refractivity (Wildman–Crippen MR) is 86.3 cm³/mol. The maximum Gasteiger partial charge on any atom is 0.181 e. The van der Waals surface area contributed by atoms with Crippen LogP contribution in [0.2, 0.25) is 0 Å². The second-order valence-electron chi connectivity index (χ2n) is 4.44.